The highest BCUT2D eigenvalue weighted by atomic mass is 16.7. The second-order valence-corrected chi connectivity index (χ2v) is 4.77. The summed E-state index contributed by atoms with van der Waals surface area (Å²) < 4.78 is 11.4. The van der Waals surface area contributed by atoms with Crippen LogP contribution in [0.15, 0.2) is 0 Å². The molecule has 0 aromatic carbocycles. The van der Waals surface area contributed by atoms with E-state index in [0.717, 1.165) is 19.3 Å². The Morgan fingerprint density at radius 2 is 1.93 bits per heavy atom. The molecular weight excluding hydrogens is 192 g/mol. The van der Waals surface area contributed by atoms with Crippen LogP contribution in [0, 0.1) is 11.3 Å². The van der Waals surface area contributed by atoms with E-state index in [1.54, 1.807) is 0 Å². The standard InChI is InChI=1S/C12H24O3/c1-4-6-10(3)11-14-8-12(5-2,7-13)9-15-11/h10-11,13H,4-9H2,1-3H3. The summed E-state index contributed by atoms with van der Waals surface area (Å²) in [6.45, 7) is 7.80. The van der Waals surface area contributed by atoms with Crippen molar-refractivity contribution in [2.24, 2.45) is 11.3 Å². The number of ether oxygens (including phenoxy) is 2. The third-order valence-electron chi connectivity index (χ3n) is 3.40. The van der Waals surface area contributed by atoms with E-state index in [1.165, 1.54) is 0 Å². The Morgan fingerprint density at radius 1 is 1.33 bits per heavy atom. The van der Waals surface area contributed by atoms with Gasteiger partial charge in [-0.05, 0) is 12.8 Å². The van der Waals surface area contributed by atoms with Gasteiger partial charge in [0.1, 0.15) is 0 Å². The lowest BCUT2D eigenvalue weighted by Gasteiger charge is -2.40. The smallest absolute Gasteiger partial charge is 0.160 e. The maximum absolute atomic E-state index is 9.31. The molecule has 3 nitrogen and oxygen atoms in total. The summed E-state index contributed by atoms with van der Waals surface area (Å²) in [6, 6.07) is 0. The quantitative estimate of drug-likeness (QED) is 0.765. The molecule has 0 aromatic heterocycles. The predicted molar refractivity (Wildman–Crippen MR) is 59.6 cm³/mol. The minimum Gasteiger partial charge on any atom is -0.396 e. The molecule has 0 bridgehead atoms. The van der Waals surface area contributed by atoms with Gasteiger partial charge in [0.2, 0.25) is 0 Å². The zero-order chi connectivity index (χ0) is 11.3. The number of aliphatic hydroxyl groups excluding tert-OH is 1. The molecule has 1 aliphatic heterocycles. The minimum atomic E-state index is -0.164. The van der Waals surface area contributed by atoms with E-state index in [2.05, 4.69) is 20.8 Å². The molecule has 1 rings (SSSR count). The molecule has 0 aromatic rings. The number of rotatable bonds is 5. The van der Waals surface area contributed by atoms with E-state index in [0.29, 0.717) is 19.1 Å². The Kier molecular flexibility index (Phi) is 5.03. The maximum atomic E-state index is 9.31. The summed E-state index contributed by atoms with van der Waals surface area (Å²) in [5, 5.41) is 9.31. The first-order chi connectivity index (χ1) is 7.17. The average molecular weight is 216 g/mol. The van der Waals surface area contributed by atoms with E-state index < -0.39 is 0 Å². The minimum absolute atomic E-state index is 0.0730. The topological polar surface area (TPSA) is 38.7 Å². The van der Waals surface area contributed by atoms with Crippen LogP contribution in [0.1, 0.15) is 40.0 Å². The molecule has 90 valence electrons. The molecule has 0 radical (unpaired) electrons. The van der Waals surface area contributed by atoms with Gasteiger partial charge in [-0.1, -0.05) is 27.2 Å². The molecule has 1 fully saturated rings. The number of aliphatic hydroxyl groups is 1. The van der Waals surface area contributed by atoms with Crippen LogP contribution in [-0.4, -0.2) is 31.2 Å². The molecule has 3 heteroatoms. The van der Waals surface area contributed by atoms with Crippen molar-refractivity contribution in [2.45, 2.75) is 46.3 Å². The van der Waals surface area contributed by atoms with E-state index in [4.69, 9.17) is 9.47 Å². The first-order valence-corrected chi connectivity index (χ1v) is 6.01. The van der Waals surface area contributed by atoms with Crippen LogP contribution in [0.5, 0.6) is 0 Å². The average Bonchev–Trinajstić information content (AvgIpc) is 2.29. The van der Waals surface area contributed by atoms with E-state index in [-0.39, 0.29) is 18.3 Å². The van der Waals surface area contributed by atoms with Crippen molar-refractivity contribution in [2.75, 3.05) is 19.8 Å². The molecule has 1 unspecified atom stereocenters. The SMILES string of the molecule is CCCC(C)C1OCC(CC)(CO)CO1. The second kappa shape index (κ2) is 5.83. The van der Waals surface area contributed by atoms with Crippen molar-refractivity contribution in [3.05, 3.63) is 0 Å². The van der Waals surface area contributed by atoms with Crippen LogP contribution in [0.4, 0.5) is 0 Å². The van der Waals surface area contributed by atoms with E-state index in [1.807, 2.05) is 0 Å². The Balaban J connectivity index is 2.40. The van der Waals surface area contributed by atoms with Gasteiger partial charge >= 0.3 is 0 Å². The van der Waals surface area contributed by atoms with Gasteiger partial charge in [0.25, 0.3) is 0 Å². The second-order valence-electron chi connectivity index (χ2n) is 4.77. The Morgan fingerprint density at radius 3 is 2.33 bits per heavy atom. The summed E-state index contributed by atoms with van der Waals surface area (Å²) in [4.78, 5) is 0. The van der Waals surface area contributed by atoms with Crippen LogP contribution >= 0.6 is 0 Å². The number of hydrogen-bond donors (Lipinski definition) is 1. The van der Waals surface area contributed by atoms with Gasteiger partial charge in [-0.3, -0.25) is 0 Å². The van der Waals surface area contributed by atoms with Crippen molar-refractivity contribution in [1.82, 2.24) is 0 Å². The number of hydrogen-bond acceptors (Lipinski definition) is 3. The first-order valence-electron chi connectivity index (χ1n) is 6.01. The van der Waals surface area contributed by atoms with Crippen LogP contribution in [0.3, 0.4) is 0 Å². The van der Waals surface area contributed by atoms with Gasteiger partial charge in [-0.25, -0.2) is 0 Å². The fraction of sp³-hybridized carbons (Fsp3) is 1.00. The molecule has 0 amide bonds. The van der Waals surface area contributed by atoms with E-state index >= 15 is 0 Å². The van der Waals surface area contributed by atoms with E-state index in [9.17, 15) is 5.11 Å². The van der Waals surface area contributed by atoms with Crippen molar-refractivity contribution in [1.29, 1.82) is 0 Å². The van der Waals surface area contributed by atoms with Gasteiger partial charge < -0.3 is 14.6 Å². The summed E-state index contributed by atoms with van der Waals surface area (Å²) in [5.41, 5.74) is -0.164. The fourth-order valence-electron chi connectivity index (χ4n) is 1.93. The van der Waals surface area contributed by atoms with Gasteiger partial charge in [-0.15, -0.1) is 0 Å². The molecule has 1 saturated heterocycles. The molecule has 1 aliphatic rings. The molecule has 15 heavy (non-hydrogen) atoms. The monoisotopic (exact) mass is 216 g/mol. The van der Waals surface area contributed by atoms with Gasteiger partial charge in [0.15, 0.2) is 6.29 Å². The summed E-state index contributed by atoms with van der Waals surface area (Å²) in [7, 11) is 0. The molecule has 0 aliphatic carbocycles. The highest BCUT2D eigenvalue weighted by molar-refractivity contribution is 4.80. The molecule has 1 atom stereocenters. The van der Waals surface area contributed by atoms with Gasteiger partial charge in [0.05, 0.1) is 19.8 Å². The Labute approximate surface area is 92.8 Å². The summed E-state index contributed by atoms with van der Waals surface area (Å²) >= 11 is 0. The maximum Gasteiger partial charge on any atom is 0.160 e. The van der Waals surface area contributed by atoms with Crippen LogP contribution in [-0.2, 0) is 9.47 Å². The molecule has 1 N–H and O–H groups in total. The highest BCUT2D eigenvalue weighted by Crippen LogP contribution is 2.30. The summed E-state index contributed by atoms with van der Waals surface area (Å²) in [5.74, 6) is 0.448. The summed E-state index contributed by atoms with van der Waals surface area (Å²) in [6.07, 6.45) is 3.11. The zero-order valence-electron chi connectivity index (χ0n) is 10.2. The third kappa shape index (κ3) is 3.16. The largest absolute Gasteiger partial charge is 0.396 e. The fourth-order valence-corrected chi connectivity index (χ4v) is 1.93. The van der Waals surface area contributed by atoms with Crippen molar-refractivity contribution >= 4 is 0 Å². The predicted octanol–water partition coefficient (Wildman–Crippen LogP) is 2.18. The molecular formula is C12H24O3. The molecule has 0 spiro atoms. The van der Waals surface area contributed by atoms with Crippen molar-refractivity contribution < 1.29 is 14.6 Å². The lowest BCUT2D eigenvalue weighted by Crippen LogP contribution is -2.45. The van der Waals surface area contributed by atoms with Crippen LogP contribution < -0.4 is 0 Å². The lowest BCUT2D eigenvalue weighted by atomic mass is 9.87. The lowest BCUT2D eigenvalue weighted by molar-refractivity contribution is -0.255. The Hall–Kier alpha value is -0.120. The Bertz CT molecular complexity index is 168. The van der Waals surface area contributed by atoms with Gasteiger partial charge in [-0.2, -0.15) is 0 Å². The highest BCUT2D eigenvalue weighted by Gasteiger charge is 2.36. The van der Waals surface area contributed by atoms with Crippen molar-refractivity contribution in [3.8, 4) is 0 Å². The van der Waals surface area contributed by atoms with Crippen LogP contribution in [0.2, 0.25) is 0 Å². The van der Waals surface area contributed by atoms with Crippen LogP contribution in [0.25, 0.3) is 0 Å². The molecule has 0 saturated carbocycles. The molecule has 1 heterocycles. The zero-order valence-corrected chi connectivity index (χ0v) is 10.2. The normalized spacial score (nSPS) is 34.0. The van der Waals surface area contributed by atoms with Gasteiger partial charge in [0, 0.05) is 11.3 Å². The third-order valence-corrected chi connectivity index (χ3v) is 3.40. The first kappa shape index (κ1) is 12.9. The van der Waals surface area contributed by atoms with Crippen molar-refractivity contribution in [3.63, 3.8) is 0 Å².